The van der Waals surface area contributed by atoms with Crippen LogP contribution in [0.5, 0.6) is 0 Å². The van der Waals surface area contributed by atoms with Crippen LogP contribution in [0.4, 0.5) is 0 Å². The van der Waals surface area contributed by atoms with Gasteiger partial charge >= 0.3 is 7.60 Å². The van der Waals surface area contributed by atoms with E-state index in [-0.39, 0.29) is 17.7 Å². The quantitative estimate of drug-likeness (QED) is 0.480. The van der Waals surface area contributed by atoms with Gasteiger partial charge in [0.15, 0.2) is 0 Å². The monoisotopic (exact) mass is 342 g/mol. The molecule has 0 aromatic heterocycles. The molecule has 22 heavy (non-hydrogen) atoms. The van der Waals surface area contributed by atoms with Gasteiger partial charge in [0.25, 0.3) is 0 Å². The van der Waals surface area contributed by atoms with Gasteiger partial charge in [-0.05, 0) is 32.4 Å². The molecular weight excluding hydrogens is 319 g/mol. The second kappa shape index (κ2) is 8.90. The highest BCUT2D eigenvalue weighted by molar-refractivity contribution is 8.00. The van der Waals surface area contributed by atoms with Crippen molar-refractivity contribution in [3.05, 3.63) is 42.5 Å². The lowest BCUT2D eigenvalue weighted by atomic mass is 10.3. The van der Waals surface area contributed by atoms with Gasteiger partial charge in [0.2, 0.25) is 0 Å². The highest BCUT2D eigenvalue weighted by atomic mass is 32.2. The summed E-state index contributed by atoms with van der Waals surface area (Å²) in [5.41, 5.74) is 0. The summed E-state index contributed by atoms with van der Waals surface area (Å²) in [5, 5.41) is 0.221. The standard InChI is InChI=1S/C16H23O4PS/c1-3-19-21(17,20-4-2)13-18-15-11-8-12-16(15)22-14-9-6-5-7-10-14/h5-10,12,15-16H,3-4,11,13H2,1-2H3/t15-,16-/m1/s1. The Morgan fingerprint density at radius 3 is 2.50 bits per heavy atom. The van der Waals surface area contributed by atoms with Gasteiger partial charge in [-0.3, -0.25) is 4.57 Å². The number of ether oxygens (including phenoxy) is 1. The Morgan fingerprint density at radius 2 is 1.86 bits per heavy atom. The van der Waals surface area contributed by atoms with Crippen LogP contribution in [0, 0.1) is 0 Å². The van der Waals surface area contributed by atoms with Crippen LogP contribution in [-0.4, -0.2) is 30.9 Å². The third-order valence-electron chi connectivity index (χ3n) is 3.17. The van der Waals surface area contributed by atoms with Crippen molar-refractivity contribution < 1.29 is 18.3 Å². The molecular formula is C16H23O4PS. The van der Waals surface area contributed by atoms with Crippen LogP contribution in [0.25, 0.3) is 0 Å². The molecule has 0 amide bonds. The van der Waals surface area contributed by atoms with E-state index in [2.05, 4.69) is 24.3 Å². The fourth-order valence-corrected chi connectivity index (χ4v) is 4.78. The van der Waals surface area contributed by atoms with E-state index in [0.29, 0.717) is 13.2 Å². The van der Waals surface area contributed by atoms with Crippen molar-refractivity contribution in [2.45, 2.75) is 36.5 Å². The van der Waals surface area contributed by atoms with Gasteiger partial charge in [-0.2, -0.15) is 0 Å². The van der Waals surface area contributed by atoms with Gasteiger partial charge in [-0.25, -0.2) is 0 Å². The Kier molecular flexibility index (Phi) is 7.19. The molecule has 1 aromatic carbocycles. The first-order valence-corrected chi connectivity index (χ1v) is 10.2. The lowest BCUT2D eigenvalue weighted by molar-refractivity contribution is 0.0771. The molecule has 0 saturated carbocycles. The minimum atomic E-state index is -3.14. The average molecular weight is 342 g/mol. The third kappa shape index (κ3) is 5.25. The Bertz CT molecular complexity index is 510. The summed E-state index contributed by atoms with van der Waals surface area (Å²) >= 11 is 1.75. The smallest absolute Gasteiger partial charge is 0.356 e. The Balaban J connectivity index is 1.90. The molecule has 4 nitrogen and oxygen atoms in total. The molecule has 1 aromatic rings. The lowest BCUT2D eigenvalue weighted by Crippen LogP contribution is -2.22. The van der Waals surface area contributed by atoms with Crippen molar-refractivity contribution in [3.63, 3.8) is 0 Å². The van der Waals surface area contributed by atoms with E-state index in [4.69, 9.17) is 13.8 Å². The first kappa shape index (κ1) is 17.8. The van der Waals surface area contributed by atoms with E-state index in [1.807, 2.05) is 18.2 Å². The van der Waals surface area contributed by atoms with E-state index < -0.39 is 7.60 Å². The molecule has 0 fully saturated rings. The highest BCUT2D eigenvalue weighted by Crippen LogP contribution is 2.48. The predicted octanol–water partition coefficient (Wildman–Crippen LogP) is 4.72. The molecule has 1 aliphatic carbocycles. The van der Waals surface area contributed by atoms with Gasteiger partial charge in [-0.1, -0.05) is 30.4 Å². The molecule has 1 aliphatic rings. The van der Waals surface area contributed by atoms with E-state index in [0.717, 1.165) is 6.42 Å². The number of benzene rings is 1. The van der Waals surface area contributed by atoms with Gasteiger partial charge in [-0.15, -0.1) is 11.8 Å². The fraction of sp³-hybridized carbons (Fsp3) is 0.500. The van der Waals surface area contributed by atoms with Gasteiger partial charge in [0.1, 0.15) is 6.35 Å². The first-order chi connectivity index (χ1) is 10.7. The van der Waals surface area contributed by atoms with E-state index in [1.54, 1.807) is 25.6 Å². The highest BCUT2D eigenvalue weighted by Gasteiger charge is 2.30. The second-order valence-corrected chi connectivity index (χ2v) is 8.09. The minimum Gasteiger partial charge on any atom is -0.364 e. The molecule has 122 valence electrons. The van der Waals surface area contributed by atoms with Crippen molar-refractivity contribution in [2.24, 2.45) is 0 Å². The summed E-state index contributed by atoms with van der Waals surface area (Å²) in [5.74, 6) is 0. The molecule has 0 unspecified atom stereocenters. The van der Waals surface area contributed by atoms with Crippen molar-refractivity contribution in [2.75, 3.05) is 19.6 Å². The van der Waals surface area contributed by atoms with Crippen molar-refractivity contribution >= 4 is 19.4 Å². The van der Waals surface area contributed by atoms with Crippen LogP contribution < -0.4 is 0 Å². The molecule has 0 heterocycles. The summed E-state index contributed by atoms with van der Waals surface area (Å²) < 4.78 is 28.8. The van der Waals surface area contributed by atoms with Gasteiger partial charge in [0, 0.05) is 4.90 Å². The minimum absolute atomic E-state index is 0.000515. The molecule has 0 N–H and O–H groups in total. The second-order valence-electron chi connectivity index (χ2n) is 4.84. The Hall–Kier alpha value is -0.580. The SMILES string of the molecule is CCOP(=O)(CO[C@@H]1CC=C[C@H]1Sc1ccccc1)OCC. The summed E-state index contributed by atoms with van der Waals surface area (Å²) in [6.07, 6.45) is 5.08. The summed E-state index contributed by atoms with van der Waals surface area (Å²) in [7, 11) is -3.14. The molecule has 2 rings (SSSR count). The number of hydrogen-bond donors (Lipinski definition) is 0. The molecule has 0 saturated heterocycles. The van der Waals surface area contributed by atoms with E-state index >= 15 is 0 Å². The molecule has 0 spiro atoms. The van der Waals surface area contributed by atoms with Gasteiger partial charge < -0.3 is 13.8 Å². The summed E-state index contributed by atoms with van der Waals surface area (Å²) in [6, 6.07) is 10.2. The molecule has 0 bridgehead atoms. The van der Waals surface area contributed by atoms with Crippen LogP contribution in [0.3, 0.4) is 0 Å². The number of thioether (sulfide) groups is 1. The Morgan fingerprint density at radius 1 is 1.18 bits per heavy atom. The van der Waals surface area contributed by atoms with Crippen LogP contribution >= 0.6 is 19.4 Å². The maximum absolute atomic E-state index is 12.4. The van der Waals surface area contributed by atoms with Gasteiger partial charge in [0.05, 0.1) is 24.6 Å². The molecule has 2 atom stereocenters. The maximum Gasteiger partial charge on any atom is 0.356 e. The maximum atomic E-state index is 12.4. The largest absolute Gasteiger partial charge is 0.364 e. The number of hydrogen-bond acceptors (Lipinski definition) is 5. The number of rotatable bonds is 9. The zero-order valence-corrected chi connectivity index (χ0v) is 14.7. The zero-order valence-electron chi connectivity index (χ0n) is 13.0. The van der Waals surface area contributed by atoms with Crippen LogP contribution in [0.1, 0.15) is 20.3 Å². The molecule has 0 radical (unpaired) electrons. The van der Waals surface area contributed by atoms with Crippen LogP contribution in [0.15, 0.2) is 47.4 Å². The molecule has 0 aliphatic heterocycles. The van der Waals surface area contributed by atoms with E-state index in [9.17, 15) is 4.57 Å². The van der Waals surface area contributed by atoms with Crippen LogP contribution in [-0.2, 0) is 18.3 Å². The van der Waals surface area contributed by atoms with E-state index in [1.165, 1.54) is 4.90 Å². The lowest BCUT2D eigenvalue weighted by Gasteiger charge is -2.23. The van der Waals surface area contributed by atoms with Crippen molar-refractivity contribution in [3.8, 4) is 0 Å². The predicted molar refractivity (Wildman–Crippen MR) is 90.4 cm³/mol. The normalized spacial score (nSPS) is 21.4. The fourth-order valence-electron chi connectivity index (χ4n) is 2.23. The Labute approximate surface area is 136 Å². The first-order valence-electron chi connectivity index (χ1n) is 7.55. The molecule has 6 heteroatoms. The summed E-state index contributed by atoms with van der Waals surface area (Å²) in [6.45, 7) is 4.31. The zero-order chi connectivity index (χ0) is 15.8. The summed E-state index contributed by atoms with van der Waals surface area (Å²) in [4.78, 5) is 1.20. The van der Waals surface area contributed by atoms with Crippen LogP contribution in [0.2, 0.25) is 0 Å². The van der Waals surface area contributed by atoms with Crippen molar-refractivity contribution in [1.29, 1.82) is 0 Å². The average Bonchev–Trinajstić information content (AvgIpc) is 2.94. The van der Waals surface area contributed by atoms with Crippen molar-refractivity contribution in [1.82, 2.24) is 0 Å². The third-order valence-corrected chi connectivity index (χ3v) is 6.22. The topological polar surface area (TPSA) is 44.8 Å².